The molecule has 0 saturated carbocycles. The lowest BCUT2D eigenvalue weighted by Crippen LogP contribution is -2.41. The fraction of sp³-hybridized carbons (Fsp3) is 0.267. The van der Waals surface area contributed by atoms with Crippen molar-refractivity contribution in [1.82, 2.24) is 10.5 Å². The van der Waals surface area contributed by atoms with Crippen molar-refractivity contribution in [2.24, 2.45) is 0 Å². The molecule has 140 valence electrons. The monoisotopic (exact) mass is 382 g/mol. The molecule has 0 radical (unpaired) electrons. The van der Waals surface area contributed by atoms with E-state index in [1.165, 1.54) is 44.4 Å². The Morgan fingerprint density at radius 3 is 2.42 bits per heavy atom. The number of anilines is 2. The SMILES string of the molecule is COC(=O)[C@H](C)NC(=O)Nc1ccc(S(=O)(=O)Nc2cc(C)on2)cc1. The van der Waals surface area contributed by atoms with Gasteiger partial charge in [0.15, 0.2) is 5.82 Å². The number of urea groups is 1. The van der Waals surface area contributed by atoms with E-state index in [0.717, 1.165) is 0 Å². The predicted molar refractivity (Wildman–Crippen MR) is 92.1 cm³/mol. The zero-order valence-electron chi connectivity index (χ0n) is 14.3. The molecule has 1 heterocycles. The molecule has 0 saturated heterocycles. The number of nitrogens with one attached hydrogen (secondary N) is 3. The predicted octanol–water partition coefficient (Wildman–Crippen LogP) is 1.47. The van der Waals surface area contributed by atoms with Crippen molar-refractivity contribution < 1.29 is 27.3 Å². The maximum absolute atomic E-state index is 12.3. The van der Waals surface area contributed by atoms with Crippen LogP contribution in [0, 0.1) is 6.92 Å². The first-order valence-electron chi connectivity index (χ1n) is 7.43. The number of sulfonamides is 1. The van der Waals surface area contributed by atoms with Gasteiger partial charge < -0.3 is 19.9 Å². The van der Waals surface area contributed by atoms with Crippen molar-refractivity contribution >= 4 is 33.5 Å². The van der Waals surface area contributed by atoms with Gasteiger partial charge in [0.25, 0.3) is 10.0 Å². The van der Waals surface area contributed by atoms with Crippen LogP contribution in [0.4, 0.5) is 16.3 Å². The molecule has 0 aliphatic heterocycles. The number of nitrogens with zero attached hydrogens (tertiary/aromatic N) is 1. The largest absolute Gasteiger partial charge is 0.467 e. The van der Waals surface area contributed by atoms with Crippen LogP contribution in [-0.2, 0) is 19.6 Å². The minimum atomic E-state index is -3.84. The van der Waals surface area contributed by atoms with Gasteiger partial charge in [-0.15, -0.1) is 0 Å². The average Bonchev–Trinajstić information content (AvgIpc) is 2.98. The molecule has 3 N–H and O–H groups in total. The molecule has 0 aliphatic carbocycles. The second-order valence-corrected chi connectivity index (χ2v) is 6.98. The highest BCUT2D eigenvalue weighted by molar-refractivity contribution is 7.92. The normalized spacial score (nSPS) is 12.1. The van der Waals surface area contributed by atoms with Crippen LogP contribution in [-0.4, -0.2) is 38.7 Å². The Hall–Kier alpha value is -3.08. The van der Waals surface area contributed by atoms with Gasteiger partial charge in [-0.25, -0.2) is 18.0 Å². The maximum atomic E-state index is 12.3. The molecule has 0 bridgehead atoms. The third kappa shape index (κ3) is 4.96. The third-order valence-electron chi connectivity index (χ3n) is 3.19. The minimum absolute atomic E-state index is 0.0213. The molecule has 1 aromatic heterocycles. The highest BCUT2D eigenvalue weighted by Gasteiger charge is 2.18. The summed E-state index contributed by atoms with van der Waals surface area (Å²) < 4.78 is 36.1. The number of esters is 1. The molecule has 2 rings (SSSR count). The molecule has 0 spiro atoms. The fourth-order valence-corrected chi connectivity index (χ4v) is 2.91. The number of carbonyl (C=O) groups is 2. The van der Waals surface area contributed by atoms with Crippen LogP contribution in [0.25, 0.3) is 0 Å². The van der Waals surface area contributed by atoms with E-state index >= 15 is 0 Å². The van der Waals surface area contributed by atoms with Gasteiger partial charge in [0, 0.05) is 11.8 Å². The molecule has 11 heteroatoms. The van der Waals surface area contributed by atoms with Gasteiger partial charge in [0.2, 0.25) is 0 Å². The standard InChI is InChI=1S/C15H18N4O6S/c1-9-8-13(18-25-9)19-26(22,23)12-6-4-11(5-7-12)17-15(21)16-10(2)14(20)24-3/h4-8,10H,1-3H3,(H,18,19)(H2,16,17,21)/t10-/m0/s1. The summed E-state index contributed by atoms with van der Waals surface area (Å²) in [7, 11) is -2.63. The minimum Gasteiger partial charge on any atom is -0.467 e. The first-order chi connectivity index (χ1) is 12.2. The molecular formula is C15H18N4O6S. The molecule has 10 nitrogen and oxygen atoms in total. The average molecular weight is 382 g/mol. The molecule has 2 amide bonds. The Kier molecular flexibility index (Phi) is 5.82. The quantitative estimate of drug-likeness (QED) is 0.643. The van der Waals surface area contributed by atoms with Gasteiger partial charge >= 0.3 is 12.0 Å². The molecule has 1 aromatic carbocycles. The van der Waals surface area contributed by atoms with E-state index < -0.39 is 28.1 Å². The molecule has 0 unspecified atom stereocenters. The smallest absolute Gasteiger partial charge is 0.328 e. The Morgan fingerprint density at radius 1 is 1.23 bits per heavy atom. The molecule has 26 heavy (non-hydrogen) atoms. The van der Waals surface area contributed by atoms with Crippen LogP contribution in [0.3, 0.4) is 0 Å². The number of aromatic nitrogens is 1. The Bertz CT molecular complexity index is 891. The summed E-state index contributed by atoms with van der Waals surface area (Å²) >= 11 is 0. The number of benzene rings is 1. The van der Waals surface area contributed by atoms with E-state index in [-0.39, 0.29) is 10.7 Å². The maximum Gasteiger partial charge on any atom is 0.328 e. The number of rotatable bonds is 6. The van der Waals surface area contributed by atoms with Crippen LogP contribution in [0.2, 0.25) is 0 Å². The Balaban J connectivity index is 2.01. The number of methoxy groups -OCH3 is 1. The Labute approximate surface area is 149 Å². The second-order valence-electron chi connectivity index (χ2n) is 5.30. The van der Waals surface area contributed by atoms with Crippen molar-refractivity contribution in [2.75, 3.05) is 17.1 Å². The van der Waals surface area contributed by atoms with Crippen molar-refractivity contribution in [2.45, 2.75) is 24.8 Å². The summed E-state index contributed by atoms with van der Waals surface area (Å²) in [6, 6.07) is 5.43. The van der Waals surface area contributed by atoms with Crippen molar-refractivity contribution in [1.29, 1.82) is 0 Å². The van der Waals surface area contributed by atoms with Crippen LogP contribution in [0.5, 0.6) is 0 Å². The van der Waals surface area contributed by atoms with Crippen LogP contribution < -0.4 is 15.4 Å². The zero-order chi connectivity index (χ0) is 19.3. The summed E-state index contributed by atoms with van der Waals surface area (Å²) in [6.45, 7) is 3.11. The number of aryl methyl sites for hydroxylation is 1. The third-order valence-corrected chi connectivity index (χ3v) is 4.56. The fourth-order valence-electron chi connectivity index (χ4n) is 1.93. The van der Waals surface area contributed by atoms with Gasteiger partial charge in [-0.05, 0) is 38.1 Å². The summed E-state index contributed by atoms with van der Waals surface area (Å²) in [5.41, 5.74) is 0.343. The number of hydrogen-bond donors (Lipinski definition) is 3. The van der Waals surface area contributed by atoms with Gasteiger partial charge in [0.05, 0.1) is 12.0 Å². The van der Waals surface area contributed by atoms with E-state index in [0.29, 0.717) is 11.4 Å². The van der Waals surface area contributed by atoms with E-state index in [2.05, 4.69) is 25.2 Å². The second kappa shape index (κ2) is 7.87. The molecule has 2 aromatic rings. The number of hydrogen-bond acceptors (Lipinski definition) is 7. The van der Waals surface area contributed by atoms with E-state index in [1.54, 1.807) is 6.92 Å². The van der Waals surface area contributed by atoms with E-state index in [9.17, 15) is 18.0 Å². The van der Waals surface area contributed by atoms with Gasteiger partial charge in [-0.2, -0.15) is 0 Å². The number of amides is 2. The van der Waals surface area contributed by atoms with Gasteiger partial charge in [-0.1, -0.05) is 5.16 Å². The van der Waals surface area contributed by atoms with Crippen LogP contribution >= 0.6 is 0 Å². The first-order valence-corrected chi connectivity index (χ1v) is 8.91. The highest BCUT2D eigenvalue weighted by atomic mass is 32.2. The highest BCUT2D eigenvalue weighted by Crippen LogP contribution is 2.18. The summed E-state index contributed by atoms with van der Waals surface area (Å²) in [4.78, 5) is 23.0. The van der Waals surface area contributed by atoms with Gasteiger partial charge in [-0.3, -0.25) is 4.72 Å². The first kappa shape index (κ1) is 19.2. The lowest BCUT2D eigenvalue weighted by Gasteiger charge is -2.12. The molecule has 0 fully saturated rings. The van der Waals surface area contributed by atoms with Gasteiger partial charge in [0.1, 0.15) is 11.8 Å². The summed E-state index contributed by atoms with van der Waals surface area (Å²) in [5, 5.41) is 8.43. The number of carbonyl (C=O) groups excluding carboxylic acids is 2. The van der Waals surface area contributed by atoms with E-state index in [4.69, 9.17) is 4.52 Å². The zero-order valence-corrected chi connectivity index (χ0v) is 15.1. The van der Waals surface area contributed by atoms with Crippen LogP contribution in [0.15, 0.2) is 39.8 Å². The lowest BCUT2D eigenvalue weighted by atomic mass is 10.3. The molecule has 0 aliphatic rings. The van der Waals surface area contributed by atoms with Crippen LogP contribution in [0.1, 0.15) is 12.7 Å². The summed E-state index contributed by atoms with van der Waals surface area (Å²) in [5.74, 6) is -0.0499. The number of ether oxygens (including phenoxy) is 1. The topological polar surface area (TPSA) is 140 Å². The molecular weight excluding hydrogens is 364 g/mol. The van der Waals surface area contributed by atoms with E-state index in [1.807, 2.05) is 0 Å². The summed E-state index contributed by atoms with van der Waals surface area (Å²) in [6.07, 6.45) is 0. The van der Waals surface area contributed by atoms with Crippen molar-refractivity contribution in [3.63, 3.8) is 0 Å². The molecule has 1 atom stereocenters. The van der Waals surface area contributed by atoms with Crippen molar-refractivity contribution in [3.8, 4) is 0 Å². The Morgan fingerprint density at radius 2 is 1.88 bits per heavy atom. The van der Waals surface area contributed by atoms with Crippen molar-refractivity contribution in [3.05, 3.63) is 36.1 Å². The lowest BCUT2D eigenvalue weighted by molar-refractivity contribution is -0.142.